The van der Waals surface area contributed by atoms with Crippen LogP contribution in [0.2, 0.25) is 0 Å². The maximum absolute atomic E-state index is 11.8. The van der Waals surface area contributed by atoms with Crippen LogP contribution in [0.15, 0.2) is 18.2 Å². The van der Waals surface area contributed by atoms with Crippen molar-refractivity contribution in [2.45, 2.75) is 12.5 Å². The molecule has 1 aliphatic rings. The number of aliphatic carboxylic acids is 1. The van der Waals surface area contributed by atoms with Crippen LogP contribution in [-0.2, 0) is 9.59 Å². The topological polar surface area (TPSA) is 138 Å². The van der Waals surface area contributed by atoms with E-state index in [9.17, 15) is 29.6 Å². The number of benzene rings is 1. The van der Waals surface area contributed by atoms with Crippen molar-refractivity contribution in [3.63, 3.8) is 0 Å². The Balaban J connectivity index is 2.31. The zero-order valence-corrected chi connectivity index (χ0v) is 10.6. The van der Waals surface area contributed by atoms with Gasteiger partial charge in [0.15, 0.2) is 0 Å². The molecule has 0 aromatic heterocycles. The van der Waals surface area contributed by atoms with E-state index in [4.69, 9.17) is 5.11 Å². The molecule has 9 heteroatoms. The third-order valence-electron chi connectivity index (χ3n) is 2.97. The molecule has 0 spiro atoms. The molecule has 1 heterocycles. The highest BCUT2D eigenvalue weighted by Gasteiger charge is 2.38. The number of nitro benzene ring substituents is 1. The Bertz CT molecular complexity index is 655. The summed E-state index contributed by atoms with van der Waals surface area (Å²) < 4.78 is 0. The van der Waals surface area contributed by atoms with E-state index in [2.05, 4.69) is 0 Å². The summed E-state index contributed by atoms with van der Waals surface area (Å²) in [6.45, 7) is -0.373. The first-order chi connectivity index (χ1) is 9.81. The highest BCUT2D eigenvalue weighted by molar-refractivity contribution is 6.52. The first kappa shape index (κ1) is 14.6. The van der Waals surface area contributed by atoms with Crippen LogP contribution in [0.5, 0.6) is 0 Å². The minimum absolute atomic E-state index is 0.125. The molecule has 0 aliphatic carbocycles. The Morgan fingerprint density at radius 2 is 2.05 bits per heavy atom. The van der Waals surface area contributed by atoms with E-state index in [-0.39, 0.29) is 23.5 Å². The number of aliphatic hydroxyl groups excluding tert-OH is 1. The van der Waals surface area contributed by atoms with Crippen molar-refractivity contribution in [2.24, 2.45) is 0 Å². The average molecular weight is 294 g/mol. The zero-order valence-electron chi connectivity index (χ0n) is 10.6. The number of carboxylic acids is 1. The van der Waals surface area contributed by atoms with Crippen molar-refractivity contribution < 1.29 is 29.5 Å². The third kappa shape index (κ3) is 2.72. The second kappa shape index (κ2) is 5.29. The SMILES string of the molecule is O=C(O)CC(O)CN1C(=O)C(=O)c2cc([N+](=O)[O-])ccc21. The molecule has 2 rings (SSSR count). The van der Waals surface area contributed by atoms with Gasteiger partial charge in [-0.15, -0.1) is 0 Å². The van der Waals surface area contributed by atoms with Crippen LogP contribution in [0.1, 0.15) is 16.8 Å². The number of rotatable bonds is 5. The van der Waals surface area contributed by atoms with Crippen LogP contribution in [0.25, 0.3) is 0 Å². The van der Waals surface area contributed by atoms with Crippen LogP contribution < -0.4 is 4.90 Å². The predicted molar refractivity (Wildman–Crippen MR) is 68.0 cm³/mol. The number of β-amino-alcohol motifs (C(OH)–C–C–N with tert-alkyl or cyclic N) is 1. The standard InChI is InChI=1S/C12H10N2O7/c15-7(4-10(16)17)5-13-9-2-1-6(14(20)21)3-8(9)11(18)12(13)19/h1-3,7,15H,4-5H2,(H,16,17). The molecule has 0 saturated heterocycles. The van der Waals surface area contributed by atoms with E-state index in [1.165, 1.54) is 6.07 Å². The van der Waals surface area contributed by atoms with Crippen molar-refractivity contribution in [3.8, 4) is 0 Å². The van der Waals surface area contributed by atoms with Crippen LogP contribution in [-0.4, -0.2) is 45.4 Å². The minimum atomic E-state index is -1.35. The van der Waals surface area contributed by atoms with E-state index in [1.54, 1.807) is 0 Å². The van der Waals surface area contributed by atoms with E-state index in [0.717, 1.165) is 17.0 Å². The summed E-state index contributed by atoms with van der Waals surface area (Å²) in [5.74, 6) is -3.12. The van der Waals surface area contributed by atoms with Crippen LogP contribution >= 0.6 is 0 Å². The van der Waals surface area contributed by atoms with Gasteiger partial charge in [0.1, 0.15) is 0 Å². The van der Waals surface area contributed by atoms with Gasteiger partial charge in [0.25, 0.3) is 17.4 Å². The highest BCUT2D eigenvalue weighted by atomic mass is 16.6. The van der Waals surface area contributed by atoms with Gasteiger partial charge in [-0.3, -0.25) is 24.5 Å². The number of aliphatic hydroxyl groups is 1. The van der Waals surface area contributed by atoms with Crippen LogP contribution in [0.3, 0.4) is 0 Å². The molecule has 1 unspecified atom stereocenters. The fourth-order valence-corrected chi connectivity index (χ4v) is 2.06. The lowest BCUT2D eigenvalue weighted by atomic mass is 10.1. The van der Waals surface area contributed by atoms with Crippen molar-refractivity contribution in [1.82, 2.24) is 0 Å². The summed E-state index contributed by atoms with van der Waals surface area (Å²) in [4.78, 5) is 45.0. The van der Waals surface area contributed by atoms with Crippen molar-refractivity contribution in [1.29, 1.82) is 0 Å². The molecule has 1 amide bonds. The zero-order chi connectivity index (χ0) is 15.7. The molecule has 2 N–H and O–H groups in total. The summed E-state index contributed by atoms with van der Waals surface area (Å²) in [7, 11) is 0. The number of nitro groups is 1. The molecule has 9 nitrogen and oxygen atoms in total. The number of nitrogens with zero attached hydrogens (tertiary/aromatic N) is 2. The normalized spacial score (nSPS) is 15.0. The molecule has 1 aromatic rings. The fraction of sp³-hybridized carbons (Fsp3) is 0.250. The van der Waals surface area contributed by atoms with Gasteiger partial charge < -0.3 is 15.1 Å². The second-order valence-corrected chi connectivity index (χ2v) is 4.46. The molecule has 0 saturated carbocycles. The van der Waals surface area contributed by atoms with E-state index in [1.807, 2.05) is 0 Å². The summed E-state index contributed by atoms with van der Waals surface area (Å²) in [5.41, 5.74) is -0.334. The Morgan fingerprint density at radius 1 is 1.38 bits per heavy atom. The molecule has 21 heavy (non-hydrogen) atoms. The summed E-state index contributed by atoms with van der Waals surface area (Å²) in [6, 6.07) is 3.34. The van der Waals surface area contributed by atoms with E-state index < -0.39 is 35.1 Å². The first-order valence-electron chi connectivity index (χ1n) is 5.85. The van der Waals surface area contributed by atoms with Crippen LogP contribution in [0, 0.1) is 10.1 Å². The van der Waals surface area contributed by atoms with Gasteiger partial charge in [0.2, 0.25) is 0 Å². The molecular formula is C12H10N2O7. The van der Waals surface area contributed by atoms with Gasteiger partial charge in [-0.25, -0.2) is 0 Å². The summed E-state index contributed by atoms with van der Waals surface area (Å²) in [5, 5.41) is 28.8. The third-order valence-corrected chi connectivity index (χ3v) is 2.97. The maximum Gasteiger partial charge on any atom is 0.306 e. The second-order valence-electron chi connectivity index (χ2n) is 4.46. The average Bonchev–Trinajstić information content (AvgIpc) is 2.62. The minimum Gasteiger partial charge on any atom is -0.481 e. The first-order valence-corrected chi connectivity index (χ1v) is 5.85. The number of fused-ring (bicyclic) bond motifs is 1. The lowest BCUT2D eigenvalue weighted by Crippen LogP contribution is -2.37. The number of non-ortho nitro benzene ring substituents is 1. The number of ketones is 1. The maximum atomic E-state index is 11.8. The molecule has 0 radical (unpaired) electrons. The van der Waals surface area contributed by atoms with Gasteiger partial charge in [0.05, 0.1) is 35.2 Å². The van der Waals surface area contributed by atoms with E-state index >= 15 is 0 Å². The Morgan fingerprint density at radius 3 is 2.62 bits per heavy atom. The largest absolute Gasteiger partial charge is 0.481 e. The smallest absolute Gasteiger partial charge is 0.306 e. The number of hydrogen-bond acceptors (Lipinski definition) is 6. The number of Topliss-reactive ketones (excluding diaryl/α,β-unsaturated/α-hetero) is 1. The van der Waals surface area contributed by atoms with Gasteiger partial charge in [-0.05, 0) is 6.07 Å². The Hall–Kier alpha value is -2.81. The van der Waals surface area contributed by atoms with Gasteiger partial charge >= 0.3 is 5.97 Å². The molecule has 110 valence electrons. The number of hydrogen-bond donors (Lipinski definition) is 2. The quantitative estimate of drug-likeness (QED) is 0.441. The molecule has 0 fully saturated rings. The lowest BCUT2D eigenvalue weighted by Gasteiger charge is -2.19. The van der Waals surface area contributed by atoms with E-state index in [0.29, 0.717) is 0 Å². The number of carbonyl (C=O) groups is 3. The summed E-state index contributed by atoms with van der Waals surface area (Å²) >= 11 is 0. The Kier molecular flexibility index (Phi) is 3.68. The predicted octanol–water partition coefficient (Wildman–Crippen LogP) is -0.0403. The van der Waals surface area contributed by atoms with Gasteiger partial charge in [0, 0.05) is 12.1 Å². The molecule has 0 bridgehead atoms. The number of amides is 1. The fourth-order valence-electron chi connectivity index (χ4n) is 2.06. The molecule has 1 atom stereocenters. The van der Waals surface area contributed by atoms with Crippen LogP contribution in [0.4, 0.5) is 11.4 Å². The highest BCUT2D eigenvalue weighted by Crippen LogP contribution is 2.32. The molecular weight excluding hydrogens is 284 g/mol. The number of anilines is 1. The van der Waals surface area contributed by atoms with Crippen molar-refractivity contribution in [3.05, 3.63) is 33.9 Å². The monoisotopic (exact) mass is 294 g/mol. The van der Waals surface area contributed by atoms with Gasteiger partial charge in [-0.1, -0.05) is 0 Å². The lowest BCUT2D eigenvalue weighted by molar-refractivity contribution is -0.384. The van der Waals surface area contributed by atoms with Gasteiger partial charge in [-0.2, -0.15) is 0 Å². The Labute approximate surface area is 117 Å². The number of carbonyl (C=O) groups excluding carboxylic acids is 2. The molecule has 1 aromatic carbocycles. The van der Waals surface area contributed by atoms with Crippen molar-refractivity contribution >= 4 is 29.0 Å². The molecule has 1 aliphatic heterocycles. The van der Waals surface area contributed by atoms with Crippen molar-refractivity contribution in [2.75, 3.05) is 11.4 Å². The summed E-state index contributed by atoms with van der Waals surface area (Å²) in [6.07, 6.45) is -1.93. The number of carboxylic acid groups (broad SMARTS) is 1.